The van der Waals surface area contributed by atoms with Crippen LogP contribution in [0.5, 0.6) is 5.75 Å². The van der Waals surface area contributed by atoms with Gasteiger partial charge in [0, 0.05) is 23.1 Å². The van der Waals surface area contributed by atoms with E-state index in [1.165, 1.54) is 0 Å². The van der Waals surface area contributed by atoms with E-state index in [0.29, 0.717) is 17.4 Å². The number of nitrogens with one attached hydrogen (secondary N) is 1. The monoisotopic (exact) mass is 366 g/mol. The number of carbonyl (C=O) groups is 1. The lowest BCUT2D eigenvalue weighted by molar-refractivity contribution is -0.116. The van der Waals surface area contributed by atoms with Gasteiger partial charge >= 0.3 is 0 Å². The highest BCUT2D eigenvalue weighted by atomic mass is 35.5. The maximum Gasteiger partial charge on any atom is 0.227 e. The number of ether oxygens (including phenoxy) is 1. The smallest absolute Gasteiger partial charge is 0.227 e. The number of halogens is 1. The average molecular weight is 367 g/mol. The van der Waals surface area contributed by atoms with Gasteiger partial charge in [0.1, 0.15) is 5.75 Å². The van der Waals surface area contributed by atoms with Crippen LogP contribution >= 0.6 is 11.6 Å². The maximum atomic E-state index is 12.2. The van der Waals surface area contributed by atoms with Gasteiger partial charge in [0.2, 0.25) is 5.91 Å². The van der Waals surface area contributed by atoms with E-state index in [-0.39, 0.29) is 12.3 Å². The molecule has 0 bridgehead atoms. The van der Waals surface area contributed by atoms with Crippen molar-refractivity contribution >= 4 is 23.2 Å². The van der Waals surface area contributed by atoms with Crippen LogP contribution in [0.1, 0.15) is 12.0 Å². The molecule has 3 aromatic rings. The van der Waals surface area contributed by atoms with Crippen LogP contribution in [-0.4, -0.2) is 17.5 Å². The predicted molar refractivity (Wildman–Crippen MR) is 105 cm³/mol. The van der Waals surface area contributed by atoms with Crippen molar-refractivity contribution in [2.75, 3.05) is 11.9 Å². The van der Waals surface area contributed by atoms with Crippen LogP contribution in [0.2, 0.25) is 5.02 Å². The van der Waals surface area contributed by atoms with E-state index in [0.717, 1.165) is 22.4 Å². The lowest BCUT2D eigenvalue weighted by atomic mass is 10.0. The third-order valence-electron chi connectivity index (χ3n) is 3.94. The van der Waals surface area contributed by atoms with Crippen molar-refractivity contribution in [2.24, 2.45) is 0 Å². The number of nitrogens with zero attached hydrogens (tertiary/aromatic N) is 1. The highest BCUT2D eigenvalue weighted by molar-refractivity contribution is 6.30. The van der Waals surface area contributed by atoms with Gasteiger partial charge in [-0.2, -0.15) is 0 Å². The molecule has 0 unspecified atom stereocenters. The molecule has 2 aromatic carbocycles. The molecular weight excluding hydrogens is 348 g/mol. The molecule has 1 aromatic heterocycles. The van der Waals surface area contributed by atoms with Crippen molar-refractivity contribution < 1.29 is 9.53 Å². The first-order valence-corrected chi connectivity index (χ1v) is 8.69. The van der Waals surface area contributed by atoms with Gasteiger partial charge in [-0.25, -0.2) is 0 Å². The third kappa shape index (κ3) is 4.83. The van der Waals surface area contributed by atoms with Crippen molar-refractivity contribution in [3.63, 3.8) is 0 Å². The molecule has 26 heavy (non-hydrogen) atoms. The lowest BCUT2D eigenvalue weighted by Crippen LogP contribution is -2.15. The van der Waals surface area contributed by atoms with Crippen LogP contribution in [0.3, 0.4) is 0 Å². The van der Waals surface area contributed by atoms with E-state index in [1.54, 1.807) is 36.7 Å². The summed E-state index contributed by atoms with van der Waals surface area (Å²) >= 11 is 5.84. The van der Waals surface area contributed by atoms with Crippen LogP contribution in [0.25, 0.3) is 11.1 Å². The van der Waals surface area contributed by atoms with E-state index >= 15 is 0 Å². The molecule has 0 aliphatic heterocycles. The number of anilines is 1. The Morgan fingerprint density at radius 1 is 1.04 bits per heavy atom. The number of carbonyl (C=O) groups excluding carboxylic acids is 1. The second-order valence-electron chi connectivity index (χ2n) is 5.87. The van der Waals surface area contributed by atoms with Gasteiger partial charge in [-0.1, -0.05) is 23.7 Å². The zero-order valence-corrected chi connectivity index (χ0v) is 15.2. The molecular formula is C21H19ClN2O2. The number of pyridine rings is 1. The van der Waals surface area contributed by atoms with Crippen LogP contribution in [0.4, 0.5) is 5.69 Å². The molecule has 0 saturated carbocycles. The van der Waals surface area contributed by atoms with Crippen molar-refractivity contribution in [1.82, 2.24) is 4.98 Å². The van der Waals surface area contributed by atoms with Crippen molar-refractivity contribution in [2.45, 2.75) is 13.3 Å². The molecule has 1 amide bonds. The Labute approximate surface area is 157 Å². The Balaban J connectivity index is 1.59. The summed E-state index contributed by atoms with van der Waals surface area (Å²) < 4.78 is 5.57. The molecule has 0 radical (unpaired) electrons. The number of hydrogen-bond acceptors (Lipinski definition) is 3. The summed E-state index contributed by atoms with van der Waals surface area (Å²) in [6.45, 7) is 2.27. The van der Waals surface area contributed by atoms with Gasteiger partial charge in [0.25, 0.3) is 0 Å². The van der Waals surface area contributed by atoms with Crippen LogP contribution in [0, 0.1) is 6.92 Å². The maximum absolute atomic E-state index is 12.2. The summed E-state index contributed by atoms with van der Waals surface area (Å²) in [5, 5.41) is 3.61. The number of benzene rings is 2. The summed E-state index contributed by atoms with van der Waals surface area (Å²) in [5.74, 6) is 0.604. The molecule has 1 heterocycles. The largest absolute Gasteiger partial charge is 0.493 e. The Kier molecular flexibility index (Phi) is 5.87. The summed E-state index contributed by atoms with van der Waals surface area (Å²) in [7, 11) is 0. The third-order valence-corrected chi connectivity index (χ3v) is 4.19. The Morgan fingerprint density at radius 2 is 1.77 bits per heavy atom. The van der Waals surface area contributed by atoms with Gasteiger partial charge in [-0.3, -0.25) is 9.78 Å². The van der Waals surface area contributed by atoms with Gasteiger partial charge < -0.3 is 10.1 Å². The normalized spacial score (nSPS) is 10.4. The van der Waals surface area contributed by atoms with E-state index in [4.69, 9.17) is 16.3 Å². The minimum atomic E-state index is -0.0889. The zero-order chi connectivity index (χ0) is 18.4. The molecule has 0 fully saturated rings. The van der Waals surface area contributed by atoms with E-state index in [1.807, 2.05) is 37.3 Å². The molecule has 0 saturated heterocycles. The first-order valence-electron chi connectivity index (χ1n) is 8.31. The fourth-order valence-electron chi connectivity index (χ4n) is 2.49. The van der Waals surface area contributed by atoms with Gasteiger partial charge in [-0.15, -0.1) is 0 Å². The quantitative estimate of drug-likeness (QED) is 0.658. The second kappa shape index (κ2) is 8.50. The number of amides is 1. The molecule has 1 N–H and O–H groups in total. The van der Waals surface area contributed by atoms with Crippen LogP contribution < -0.4 is 10.1 Å². The molecule has 4 nitrogen and oxygen atoms in total. The van der Waals surface area contributed by atoms with E-state index < -0.39 is 0 Å². The number of aromatic nitrogens is 1. The molecule has 0 aliphatic rings. The first kappa shape index (κ1) is 18.0. The first-order chi connectivity index (χ1) is 12.6. The minimum absolute atomic E-state index is 0.0889. The van der Waals surface area contributed by atoms with E-state index in [2.05, 4.69) is 10.3 Å². The van der Waals surface area contributed by atoms with Crippen molar-refractivity contribution in [3.8, 4) is 16.9 Å². The fourth-order valence-corrected chi connectivity index (χ4v) is 2.61. The predicted octanol–water partition coefficient (Wildman–Crippen LogP) is 5.12. The average Bonchev–Trinajstić information content (AvgIpc) is 2.66. The topological polar surface area (TPSA) is 51.2 Å². The standard InChI is InChI=1S/C21H19ClN2O2/c1-15-2-3-17(16-8-11-23-12-9-16)14-20(15)24-21(25)10-13-26-19-6-4-18(22)5-7-19/h2-9,11-12,14H,10,13H2,1H3,(H,24,25). The highest BCUT2D eigenvalue weighted by Gasteiger charge is 2.07. The summed E-state index contributed by atoms with van der Waals surface area (Å²) in [6.07, 6.45) is 3.77. The van der Waals surface area contributed by atoms with Crippen molar-refractivity contribution in [3.05, 3.63) is 77.6 Å². The number of hydrogen-bond donors (Lipinski definition) is 1. The molecule has 0 atom stereocenters. The SMILES string of the molecule is Cc1ccc(-c2ccncc2)cc1NC(=O)CCOc1ccc(Cl)cc1. The Hall–Kier alpha value is -2.85. The summed E-state index contributed by atoms with van der Waals surface area (Å²) in [6, 6.07) is 17.0. The minimum Gasteiger partial charge on any atom is -0.493 e. The Morgan fingerprint density at radius 3 is 2.50 bits per heavy atom. The number of aryl methyl sites for hydroxylation is 1. The zero-order valence-electron chi connectivity index (χ0n) is 14.4. The van der Waals surface area contributed by atoms with Crippen LogP contribution in [-0.2, 0) is 4.79 Å². The van der Waals surface area contributed by atoms with E-state index in [9.17, 15) is 4.79 Å². The van der Waals surface area contributed by atoms with Crippen molar-refractivity contribution in [1.29, 1.82) is 0 Å². The molecule has 5 heteroatoms. The van der Waals surface area contributed by atoms with Gasteiger partial charge in [-0.05, 0) is 66.1 Å². The second-order valence-corrected chi connectivity index (χ2v) is 6.30. The fraction of sp³-hybridized carbons (Fsp3) is 0.143. The van der Waals surface area contributed by atoms with Gasteiger partial charge in [0.15, 0.2) is 0 Å². The molecule has 3 rings (SSSR count). The lowest BCUT2D eigenvalue weighted by Gasteiger charge is -2.11. The van der Waals surface area contributed by atoms with Crippen LogP contribution in [0.15, 0.2) is 67.0 Å². The molecule has 0 aliphatic carbocycles. The Bertz CT molecular complexity index is 880. The molecule has 0 spiro atoms. The molecule has 132 valence electrons. The number of rotatable bonds is 6. The van der Waals surface area contributed by atoms with Gasteiger partial charge in [0.05, 0.1) is 13.0 Å². The summed E-state index contributed by atoms with van der Waals surface area (Å²) in [4.78, 5) is 16.3. The highest BCUT2D eigenvalue weighted by Crippen LogP contribution is 2.25. The summed E-state index contributed by atoms with van der Waals surface area (Å²) in [5.41, 5.74) is 3.90.